The number of aromatic nitrogens is 2. The van der Waals surface area contributed by atoms with Gasteiger partial charge in [0.15, 0.2) is 0 Å². The molecule has 11 heteroatoms. The minimum Gasteiger partial charge on any atom is -0.299 e. The maximum atomic E-state index is 13.1. The lowest BCUT2D eigenvalue weighted by atomic mass is 9.97. The summed E-state index contributed by atoms with van der Waals surface area (Å²) in [4.78, 5) is 56.5. The van der Waals surface area contributed by atoms with Crippen LogP contribution in [0.25, 0.3) is 16.3 Å². The Balaban J connectivity index is 1.26. The standard InChI is InChI=1S/C23H20N4O5S2/c28-21-18(12-14-6-8-15(9-7-14)27(31)32)34-23(30)26(21)11-3-10-25-13-24-20-19(22(25)29)16-4-1-2-5-17(16)33-20/h6-9,12-13H,1-5,10-11H2/b18-12+. The second kappa shape index (κ2) is 9.15. The molecule has 2 aromatic heterocycles. The molecule has 1 fully saturated rings. The summed E-state index contributed by atoms with van der Waals surface area (Å²) in [7, 11) is 0. The number of thioether (sulfide) groups is 1. The van der Waals surface area contributed by atoms with E-state index in [0.717, 1.165) is 53.2 Å². The number of nitrogens with zero attached hydrogens (tertiary/aromatic N) is 4. The molecule has 0 bridgehead atoms. The smallest absolute Gasteiger partial charge is 0.293 e. The predicted octanol–water partition coefficient (Wildman–Crippen LogP) is 4.37. The van der Waals surface area contributed by atoms with E-state index in [4.69, 9.17) is 0 Å². The van der Waals surface area contributed by atoms with Crippen molar-refractivity contribution < 1.29 is 14.5 Å². The van der Waals surface area contributed by atoms with E-state index in [9.17, 15) is 24.5 Å². The number of fused-ring (bicyclic) bond motifs is 3. The van der Waals surface area contributed by atoms with Crippen molar-refractivity contribution in [2.45, 2.75) is 38.6 Å². The molecule has 1 aromatic carbocycles. The highest BCUT2D eigenvalue weighted by atomic mass is 32.2. The maximum Gasteiger partial charge on any atom is 0.293 e. The largest absolute Gasteiger partial charge is 0.299 e. The highest BCUT2D eigenvalue weighted by Crippen LogP contribution is 2.34. The number of non-ortho nitro benzene ring substituents is 1. The molecule has 2 aliphatic rings. The van der Waals surface area contributed by atoms with Crippen molar-refractivity contribution in [2.75, 3.05) is 6.54 Å². The summed E-state index contributed by atoms with van der Waals surface area (Å²) in [6, 6.07) is 5.77. The first kappa shape index (κ1) is 22.5. The molecule has 1 saturated heterocycles. The van der Waals surface area contributed by atoms with Crippen LogP contribution in [-0.2, 0) is 24.2 Å². The Morgan fingerprint density at radius 2 is 1.85 bits per heavy atom. The Hall–Kier alpha value is -3.31. The van der Waals surface area contributed by atoms with Crippen LogP contribution < -0.4 is 5.56 Å². The molecule has 3 heterocycles. The van der Waals surface area contributed by atoms with Crippen molar-refractivity contribution in [1.29, 1.82) is 0 Å². The first-order valence-corrected chi connectivity index (χ1v) is 12.5. The summed E-state index contributed by atoms with van der Waals surface area (Å²) in [5, 5.41) is 11.1. The lowest BCUT2D eigenvalue weighted by Gasteiger charge is -2.13. The van der Waals surface area contributed by atoms with E-state index in [1.54, 1.807) is 28.3 Å². The van der Waals surface area contributed by atoms with Gasteiger partial charge in [-0.15, -0.1) is 11.3 Å². The summed E-state index contributed by atoms with van der Waals surface area (Å²) < 4.78 is 1.57. The number of hydrogen-bond donors (Lipinski definition) is 0. The van der Waals surface area contributed by atoms with Crippen LogP contribution in [0.5, 0.6) is 0 Å². The fraction of sp³-hybridized carbons (Fsp3) is 0.304. The highest BCUT2D eigenvalue weighted by Gasteiger charge is 2.34. The summed E-state index contributed by atoms with van der Waals surface area (Å²) in [6.45, 7) is 0.546. The summed E-state index contributed by atoms with van der Waals surface area (Å²) >= 11 is 2.45. The van der Waals surface area contributed by atoms with Crippen LogP contribution in [0, 0.1) is 10.1 Å². The average molecular weight is 497 g/mol. The van der Waals surface area contributed by atoms with E-state index < -0.39 is 10.8 Å². The highest BCUT2D eigenvalue weighted by molar-refractivity contribution is 8.18. The Morgan fingerprint density at radius 1 is 1.09 bits per heavy atom. The SMILES string of the molecule is O=C1S/C(=C/c2ccc([N+](=O)[O-])cc2)C(=O)N1CCCn1cnc2sc3c(c2c1=O)CCCC3. The Bertz CT molecular complexity index is 1410. The molecular weight excluding hydrogens is 476 g/mol. The average Bonchev–Trinajstić information content (AvgIpc) is 3.33. The van der Waals surface area contributed by atoms with Crippen molar-refractivity contribution in [3.63, 3.8) is 0 Å². The van der Waals surface area contributed by atoms with Gasteiger partial charge >= 0.3 is 0 Å². The van der Waals surface area contributed by atoms with Crippen LogP contribution >= 0.6 is 23.1 Å². The Labute approximate surface area is 202 Å². The van der Waals surface area contributed by atoms with Crippen molar-refractivity contribution in [2.24, 2.45) is 0 Å². The number of benzene rings is 1. The van der Waals surface area contributed by atoms with Gasteiger partial charge in [0, 0.05) is 30.1 Å². The summed E-state index contributed by atoms with van der Waals surface area (Å²) in [5.41, 5.74) is 1.63. The van der Waals surface area contributed by atoms with E-state index in [0.29, 0.717) is 18.5 Å². The zero-order valence-electron chi connectivity index (χ0n) is 18.1. The number of imide groups is 1. The number of carbonyl (C=O) groups excluding carboxylic acids is 2. The first-order chi connectivity index (χ1) is 16.4. The molecule has 3 aromatic rings. The van der Waals surface area contributed by atoms with Gasteiger partial charge in [0.1, 0.15) is 4.83 Å². The van der Waals surface area contributed by atoms with Gasteiger partial charge in [0.2, 0.25) is 0 Å². The summed E-state index contributed by atoms with van der Waals surface area (Å²) in [5.74, 6) is -0.402. The zero-order valence-corrected chi connectivity index (χ0v) is 19.7. The number of nitro groups is 1. The van der Waals surface area contributed by atoms with Crippen LogP contribution in [0.1, 0.15) is 35.3 Å². The minimum absolute atomic E-state index is 0.0452. The lowest BCUT2D eigenvalue weighted by molar-refractivity contribution is -0.384. The van der Waals surface area contributed by atoms with Gasteiger partial charge in [-0.3, -0.25) is 34.0 Å². The van der Waals surface area contributed by atoms with Gasteiger partial charge in [0.25, 0.3) is 22.4 Å². The van der Waals surface area contributed by atoms with Gasteiger partial charge in [-0.1, -0.05) is 0 Å². The van der Waals surface area contributed by atoms with Crippen molar-refractivity contribution >= 4 is 56.2 Å². The maximum absolute atomic E-state index is 13.1. The van der Waals surface area contributed by atoms with Gasteiger partial charge in [-0.25, -0.2) is 4.98 Å². The third-order valence-corrected chi connectivity index (χ3v) is 8.11. The molecule has 1 aliphatic carbocycles. The number of rotatable bonds is 6. The third-order valence-electron chi connectivity index (χ3n) is 6.00. The van der Waals surface area contributed by atoms with Gasteiger partial charge in [-0.2, -0.15) is 0 Å². The minimum atomic E-state index is -0.497. The topological polar surface area (TPSA) is 115 Å². The molecular formula is C23H20N4O5S2. The molecule has 5 rings (SSSR count). The molecule has 0 spiro atoms. The van der Waals surface area contributed by atoms with Crippen LogP contribution in [0.4, 0.5) is 10.5 Å². The van der Waals surface area contributed by atoms with E-state index in [2.05, 4.69) is 4.98 Å². The zero-order chi connectivity index (χ0) is 23.8. The molecule has 2 amide bonds. The lowest BCUT2D eigenvalue weighted by Crippen LogP contribution is -2.31. The number of hydrogen-bond acceptors (Lipinski definition) is 8. The number of aryl methyl sites for hydroxylation is 3. The molecule has 174 valence electrons. The van der Waals surface area contributed by atoms with Gasteiger partial charge < -0.3 is 0 Å². The molecule has 0 saturated carbocycles. The number of nitro benzene ring substituents is 1. The molecule has 0 radical (unpaired) electrons. The predicted molar refractivity (Wildman–Crippen MR) is 131 cm³/mol. The Morgan fingerprint density at radius 3 is 2.62 bits per heavy atom. The van der Waals surface area contributed by atoms with E-state index in [-0.39, 0.29) is 27.9 Å². The fourth-order valence-electron chi connectivity index (χ4n) is 4.28. The second-order valence-electron chi connectivity index (χ2n) is 8.17. The summed E-state index contributed by atoms with van der Waals surface area (Å²) in [6.07, 6.45) is 7.68. The van der Waals surface area contributed by atoms with E-state index >= 15 is 0 Å². The molecule has 0 atom stereocenters. The van der Waals surface area contributed by atoms with E-state index in [1.807, 2.05) is 0 Å². The van der Waals surface area contributed by atoms with Crippen LogP contribution in [0.15, 0.2) is 40.3 Å². The van der Waals surface area contributed by atoms with Gasteiger partial charge in [-0.05, 0) is 73.2 Å². The fourth-order valence-corrected chi connectivity index (χ4v) is 6.36. The molecule has 34 heavy (non-hydrogen) atoms. The monoisotopic (exact) mass is 496 g/mol. The van der Waals surface area contributed by atoms with E-state index in [1.165, 1.54) is 34.0 Å². The van der Waals surface area contributed by atoms with Crippen molar-refractivity contribution in [3.8, 4) is 0 Å². The molecule has 0 N–H and O–H groups in total. The normalized spacial score (nSPS) is 17.1. The quantitative estimate of drug-likeness (QED) is 0.283. The Kier molecular flexibility index (Phi) is 6.05. The number of carbonyl (C=O) groups is 2. The second-order valence-corrected chi connectivity index (χ2v) is 10.2. The van der Waals surface area contributed by atoms with Crippen LogP contribution in [0.2, 0.25) is 0 Å². The molecule has 9 nitrogen and oxygen atoms in total. The number of amides is 2. The van der Waals surface area contributed by atoms with Crippen molar-refractivity contribution in [3.05, 3.63) is 72.0 Å². The molecule has 0 unspecified atom stereocenters. The van der Waals surface area contributed by atoms with Crippen molar-refractivity contribution in [1.82, 2.24) is 14.5 Å². The first-order valence-electron chi connectivity index (χ1n) is 10.9. The van der Waals surface area contributed by atoms with Gasteiger partial charge in [0.05, 0.1) is 21.5 Å². The number of thiophene rings is 1. The van der Waals surface area contributed by atoms with Crippen LogP contribution in [-0.4, -0.2) is 37.1 Å². The van der Waals surface area contributed by atoms with Crippen LogP contribution in [0.3, 0.4) is 0 Å². The molecule has 1 aliphatic heterocycles. The third kappa shape index (κ3) is 4.16.